The Labute approximate surface area is 92.9 Å². The van der Waals surface area contributed by atoms with Gasteiger partial charge < -0.3 is 9.31 Å². The van der Waals surface area contributed by atoms with Crippen molar-refractivity contribution in [3.05, 3.63) is 28.7 Å². The van der Waals surface area contributed by atoms with Crippen molar-refractivity contribution in [3.8, 4) is 0 Å². The van der Waals surface area contributed by atoms with Crippen LogP contribution in [-0.2, 0) is 9.31 Å². The quantitative estimate of drug-likeness (QED) is 0.714. The highest BCUT2D eigenvalue weighted by Gasteiger charge is 2.37. The SMILES string of the molecule is CC1(C)COB(c2cccc(Br)c2)O1. The lowest BCUT2D eigenvalue weighted by Crippen LogP contribution is -2.34. The maximum atomic E-state index is 5.75. The molecule has 1 aromatic rings. The van der Waals surface area contributed by atoms with E-state index in [1.165, 1.54) is 0 Å². The fraction of sp³-hybridized carbons (Fsp3) is 0.400. The van der Waals surface area contributed by atoms with Crippen LogP contribution in [0.4, 0.5) is 0 Å². The zero-order chi connectivity index (χ0) is 10.2. The fourth-order valence-corrected chi connectivity index (χ4v) is 1.87. The number of rotatable bonds is 1. The summed E-state index contributed by atoms with van der Waals surface area (Å²) < 4.78 is 12.4. The van der Waals surface area contributed by atoms with Crippen LogP contribution >= 0.6 is 15.9 Å². The first-order chi connectivity index (χ1) is 6.57. The normalized spacial score (nSPS) is 20.1. The fourth-order valence-electron chi connectivity index (χ4n) is 1.45. The van der Waals surface area contributed by atoms with Crippen LogP contribution in [0.5, 0.6) is 0 Å². The first kappa shape index (κ1) is 10.2. The summed E-state index contributed by atoms with van der Waals surface area (Å²) in [5, 5.41) is 0. The van der Waals surface area contributed by atoms with Crippen LogP contribution in [-0.4, -0.2) is 19.3 Å². The summed E-state index contributed by atoms with van der Waals surface area (Å²) >= 11 is 3.43. The zero-order valence-corrected chi connectivity index (χ0v) is 9.87. The summed E-state index contributed by atoms with van der Waals surface area (Å²) in [5.41, 5.74) is 0.887. The van der Waals surface area contributed by atoms with E-state index in [0.29, 0.717) is 6.61 Å². The van der Waals surface area contributed by atoms with E-state index in [1.54, 1.807) is 0 Å². The van der Waals surface area contributed by atoms with Gasteiger partial charge in [0.25, 0.3) is 0 Å². The van der Waals surface area contributed by atoms with Gasteiger partial charge in [-0.15, -0.1) is 0 Å². The maximum Gasteiger partial charge on any atom is 0.494 e. The molecule has 0 atom stereocenters. The first-order valence-electron chi connectivity index (χ1n) is 4.62. The van der Waals surface area contributed by atoms with E-state index in [1.807, 2.05) is 38.1 Å². The van der Waals surface area contributed by atoms with Gasteiger partial charge in [0, 0.05) is 4.47 Å². The van der Waals surface area contributed by atoms with Crippen molar-refractivity contribution in [2.75, 3.05) is 6.61 Å². The Bertz CT molecular complexity index is 341. The van der Waals surface area contributed by atoms with Crippen LogP contribution in [0.1, 0.15) is 13.8 Å². The molecule has 0 aromatic heterocycles. The molecule has 0 bridgehead atoms. The van der Waals surface area contributed by atoms with Gasteiger partial charge in [-0.2, -0.15) is 0 Å². The Hall–Kier alpha value is -0.315. The van der Waals surface area contributed by atoms with Gasteiger partial charge in [-0.25, -0.2) is 0 Å². The molecule has 1 heterocycles. The standard InChI is InChI=1S/C10H12BBrO2/c1-10(2)7-13-11(14-10)8-4-3-5-9(12)6-8/h3-6H,7H2,1-2H3. The molecule has 74 valence electrons. The summed E-state index contributed by atoms with van der Waals surface area (Å²) in [6.45, 7) is 4.71. The molecule has 0 saturated carbocycles. The van der Waals surface area contributed by atoms with Crippen molar-refractivity contribution in [2.24, 2.45) is 0 Å². The number of hydrogen-bond donors (Lipinski definition) is 0. The van der Waals surface area contributed by atoms with Crippen LogP contribution in [0.3, 0.4) is 0 Å². The average Bonchev–Trinajstić information content (AvgIpc) is 2.46. The summed E-state index contributed by atoms with van der Waals surface area (Å²) in [7, 11) is -0.220. The molecule has 1 aliphatic heterocycles. The molecular weight excluding hydrogens is 243 g/mol. The summed E-state index contributed by atoms with van der Waals surface area (Å²) in [5.74, 6) is 0. The molecule has 1 saturated heterocycles. The van der Waals surface area contributed by atoms with Gasteiger partial charge in [-0.05, 0) is 31.4 Å². The van der Waals surface area contributed by atoms with Crippen LogP contribution < -0.4 is 5.46 Å². The Morgan fingerprint density at radius 2 is 2.21 bits per heavy atom. The van der Waals surface area contributed by atoms with Crippen molar-refractivity contribution in [1.82, 2.24) is 0 Å². The van der Waals surface area contributed by atoms with E-state index in [-0.39, 0.29) is 12.7 Å². The number of halogens is 1. The van der Waals surface area contributed by atoms with Gasteiger partial charge in [0.2, 0.25) is 0 Å². The molecule has 0 amide bonds. The van der Waals surface area contributed by atoms with E-state index in [0.717, 1.165) is 9.94 Å². The molecule has 1 aromatic carbocycles. The third kappa shape index (κ3) is 2.19. The maximum absolute atomic E-state index is 5.75. The van der Waals surface area contributed by atoms with E-state index >= 15 is 0 Å². The highest BCUT2D eigenvalue weighted by Crippen LogP contribution is 2.20. The summed E-state index contributed by atoms with van der Waals surface area (Å²) in [6.07, 6.45) is 0. The molecule has 2 nitrogen and oxygen atoms in total. The monoisotopic (exact) mass is 254 g/mol. The van der Waals surface area contributed by atoms with E-state index in [4.69, 9.17) is 9.31 Å². The van der Waals surface area contributed by atoms with Gasteiger partial charge in [-0.1, -0.05) is 28.1 Å². The molecular formula is C10H12BBrO2. The van der Waals surface area contributed by atoms with E-state index in [9.17, 15) is 0 Å². The van der Waals surface area contributed by atoms with E-state index in [2.05, 4.69) is 15.9 Å². The average molecular weight is 255 g/mol. The van der Waals surface area contributed by atoms with Crippen LogP contribution in [0.2, 0.25) is 0 Å². The van der Waals surface area contributed by atoms with Crippen LogP contribution in [0.15, 0.2) is 28.7 Å². The second-order valence-corrected chi connectivity index (χ2v) is 4.99. The van der Waals surface area contributed by atoms with Gasteiger partial charge in [0.15, 0.2) is 0 Å². The Kier molecular flexibility index (Phi) is 2.69. The molecule has 0 radical (unpaired) electrons. The lowest BCUT2D eigenvalue weighted by atomic mass is 9.79. The molecule has 0 N–H and O–H groups in total. The van der Waals surface area contributed by atoms with Gasteiger partial charge in [-0.3, -0.25) is 0 Å². The number of benzene rings is 1. The molecule has 1 aliphatic rings. The Balaban J connectivity index is 2.17. The van der Waals surface area contributed by atoms with Crippen LogP contribution in [0, 0.1) is 0 Å². The molecule has 0 aliphatic carbocycles. The highest BCUT2D eigenvalue weighted by molar-refractivity contribution is 9.10. The minimum Gasteiger partial charge on any atom is -0.404 e. The molecule has 0 spiro atoms. The minimum absolute atomic E-state index is 0.174. The molecule has 0 unspecified atom stereocenters. The lowest BCUT2D eigenvalue weighted by Gasteiger charge is -2.15. The topological polar surface area (TPSA) is 18.5 Å². The molecule has 1 fully saturated rings. The van der Waals surface area contributed by atoms with Gasteiger partial charge in [0.1, 0.15) is 0 Å². The van der Waals surface area contributed by atoms with Gasteiger partial charge >= 0.3 is 7.12 Å². The second-order valence-electron chi connectivity index (χ2n) is 4.08. The van der Waals surface area contributed by atoms with Crippen LogP contribution in [0.25, 0.3) is 0 Å². The first-order valence-corrected chi connectivity index (χ1v) is 5.41. The zero-order valence-electron chi connectivity index (χ0n) is 8.29. The predicted octanol–water partition coefficient (Wildman–Crippen LogP) is 1.97. The Morgan fingerprint density at radius 1 is 1.43 bits per heavy atom. The second kappa shape index (κ2) is 3.68. The van der Waals surface area contributed by atoms with Crippen molar-refractivity contribution < 1.29 is 9.31 Å². The molecule has 4 heteroatoms. The lowest BCUT2D eigenvalue weighted by molar-refractivity contribution is 0.137. The smallest absolute Gasteiger partial charge is 0.404 e. The number of hydrogen-bond acceptors (Lipinski definition) is 2. The van der Waals surface area contributed by atoms with Crippen molar-refractivity contribution in [1.29, 1.82) is 0 Å². The Morgan fingerprint density at radius 3 is 2.79 bits per heavy atom. The summed E-state index contributed by atoms with van der Waals surface area (Å²) in [4.78, 5) is 0. The highest BCUT2D eigenvalue weighted by atomic mass is 79.9. The van der Waals surface area contributed by atoms with E-state index < -0.39 is 0 Å². The largest absolute Gasteiger partial charge is 0.494 e. The molecule has 14 heavy (non-hydrogen) atoms. The third-order valence-electron chi connectivity index (χ3n) is 2.13. The third-order valence-corrected chi connectivity index (χ3v) is 2.62. The van der Waals surface area contributed by atoms with Crippen molar-refractivity contribution >= 4 is 28.5 Å². The predicted molar refractivity (Wildman–Crippen MR) is 60.6 cm³/mol. The van der Waals surface area contributed by atoms with Crippen molar-refractivity contribution in [3.63, 3.8) is 0 Å². The minimum atomic E-state index is -0.220. The summed E-state index contributed by atoms with van der Waals surface area (Å²) in [6, 6.07) is 8.00. The van der Waals surface area contributed by atoms with Gasteiger partial charge in [0.05, 0.1) is 12.2 Å². The van der Waals surface area contributed by atoms with Crippen molar-refractivity contribution in [2.45, 2.75) is 19.4 Å². The molecule has 2 rings (SSSR count).